The molecular formula is C25H26N4. The topological polar surface area (TPSA) is 39.7 Å². The van der Waals surface area contributed by atoms with Crippen molar-refractivity contribution >= 4 is 17.6 Å². The summed E-state index contributed by atoms with van der Waals surface area (Å²) in [7, 11) is 0. The van der Waals surface area contributed by atoms with E-state index in [1.807, 2.05) is 6.07 Å². The van der Waals surface area contributed by atoms with Crippen molar-refractivity contribution in [2.24, 2.45) is 11.0 Å². The van der Waals surface area contributed by atoms with E-state index in [-0.39, 0.29) is 0 Å². The summed E-state index contributed by atoms with van der Waals surface area (Å²) in [5.41, 5.74) is 6.01. The zero-order chi connectivity index (χ0) is 19.5. The molecule has 2 atom stereocenters. The fourth-order valence-electron chi connectivity index (χ4n) is 3.95. The highest BCUT2D eigenvalue weighted by atomic mass is 15.5. The molecule has 29 heavy (non-hydrogen) atoms. The first-order valence-electron chi connectivity index (χ1n) is 10.4. The standard InChI is InChI=1S/C25H26N4/c1-3-7-19(8-4-1)17-27-22-11-12-24(23(16-22)20-9-5-2-6-10-20)26-13-14-29-25-15-21(25)18-28-29/h1-12,16,18,21,25-27H,13-15,17H2. The largest absolute Gasteiger partial charge is 0.383 e. The molecule has 0 aromatic heterocycles. The minimum atomic E-state index is 0.662. The van der Waals surface area contributed by atoms with Gasteiger partial charge in [-0.25, -0.2) is 0 Å². The molecule has 2 unspecified atom stereocenters. The van der Waals surface area contributed by atoms with Crippen molar-refractivity contribution in [2.75, 3.05) is 23.7 Å². The van der Waals surface area contributed by atoms with E-state index in [9.17, 15) is 0 Å². The monoisotopic (exact) mass is 382 g/mol. The summed E-state index contributed by atoms with van der Waals surface area (Å²) in [6, 6.07) is 28.3. The Hall–Kier alpha value is -3.27. The third-order valence-corrected chi connectivity index (χ3v) is 5.69. The lowest BCUT2D eigenvalue weighted by molar-refractivity contribution is 0.300. The number of rotatable bonds is 8. The smallest absolute Gasteiger partial charge is 0.0557 e. The van der Waals surface area contributed by atoms with E-state index in [2.05, 4.69) is 99.8 Å². The Morgan fingerprint density at radius 1 is 0.897 bits per heavy atom. The Morgan fingerprint density at radius 2 is 1.69 bits per heavy atom. The number of hydrazone groups is 1. The summed E-state index contributed by atoms with van der Waals surface area (Å²) >= 11 is 0. The first-order chi connectivity index (χ1) is 14.4. The highest BCUT2D eigenvalue weighted by Gasteiger charge is 2.44. The number of nitrogens with one attached hydrogen (secondary N) is 2. The predicted octanol–water partition coefficient (Wildman–Crippen LogP) is 5.07. The van der Waals surface area contributed by atoms with Crippen LogP contribution in [0, 0.1) is 5.92 Å². The minimum Gasteiger partial charge on any atom is -0.383 e. The third kappa shape index (κ3) is 4.11. The van der Waals surface area contributed by atoms with Crippen LogP contribution in [0.2, 0.25) is 0 Å². The molecular weight excluding hydrogens is 356 g/mol. The first-order valence-corrected chi connectivity index (χ1v) is 10.4. The van der Waals surface area contributed by atoms with Gasteiger partial charge in [-0.3, -0.25) is 5.01 Å². The molecule has 4 nitrogen and oxygen atoms in total. The maximum Gasteiger partial charge on any atom is 0.0557 e. The van der Waals surface area contributed by atoms with Gasteiger partial charge in [-0.1, -0.05) is 60.7 Å². The van der Waals surface area contributed by atoms with Crippen molar-refractivity contribution < 1.29 is 0 Å². The van der Waals surface area contributed by atoms with Crippen molar-refractivity contribution in [1.82, 2.24) is 5.01 Å². The second-order valence-electron chi connectivity index (χ2n) is 7.79. The van der Waals surface area contributed by atoms with Gasteiger partial charge in [0.1, 0.15) is 0 Å². The average molecular weight is 383 g/mol. The molecule has 1 heterocycles. The molecule has 4 heteroatoms. The van der Waals surface area contributed by atoms with Crippen LogP contribution >= 0.6 is 0 Å². The zero-order valence-electron chi connectivity index (χ0n) is 16.5. The van der Waals surface area contributed by atoms with Gasteiger partial charge in [-0.2, -0.15) is 5.10 Å². The third-order valence-electron chi connectivity index (χ3n) is 5.69. The van der Waals surface area contributed by atoms with Gasteiger partial charge in [0, 0.05) is 42.2 Å². The summed E-state index contributed by atoms with van der Waals surface area (Å²) < 4.78 is 0. The summed E-state index contributed by atoms with van der Waals surface area (Å²) in [6.45, 7) is 2.65. The number of fused-ring (bicyclic) bond motifs is 1. The maximum absolute atomic E-state index is 4.50. The molecule has 1 aliphatic heterocycles. The molecule has 0 bridgehead atoms. The van der Waals surface area contributed by atoms with Crippen LogP contribution in [0.1, 0.15) is 12.0 Å². The molecule has 3 aromatic rings. The van der Waals surface area contributed by atoms with E-state index in [4.69, 9.17) is 0 Å². The van der Waals surface area contributed by atoms with Crippen molar-refractivity contribution in [3.05, 3.63) is 84.4 Å². The van der Waals surface area contributed by atoms with Crippen molar-refractivity contribution in [1.29, 1.82) is 0 Å². The van der Waals surface area contributed by atoms with E-state index in [0.29, 0.717) is 12.0 Å². The lowest BCUT2D eigenvalue weighted by Crippen LogP contribution is -2.25. The molecule has 3 aromatic carbocycles. The number of hydrogen-bond donors (Lipinski definition) is 2. The van der Waals surface area contributed by atoms with E-state index in [1.54, 1.807) is 0 Å². The van der Waals surface area contributed by atoms with Crippen LogP contribution in [0.15, 0.2) is 84.0 Å². The van der Waals surface area contributed by atoms with Gasteiger partial charge in [-0.15, -0.1) is 0 Å². The molecule has 0 spiro atoms. The summed E-state index contributed by atoms with van der Waals surface area (Å²) in [4.78, 5) is 0. The fourth-order valence-corrected chi connectivity index (χ4v) is 3.95. The van der Waals surface area contributed by atoms with Crippen LogP contribution in [0.5, 0.6) is 0 Å². The molecule has 2 N–H and O–H groups in total. The molecule has 1 aliphatic carbocycles. The van der Waals surface area contributed by atoms with Gasteiger partial charge in [0.25, 0.3) is 0 Å². The molecule has 1 fully saturated rings. The van der Waals surface area contributed by atoms with Gasteiger partial charge < -0.3 is 10.6 Å². The van der Waals surface area contributed by atoms with Crippen molar-refractivity contribution in [3.8, 4) is 11.1 Å². The lowest BCUT2D eigenvalue weighted by Gasteiger charge is -2.19. The summed E-state index contributed by atoms with van der Waals surface area (Å²) in [5, 5.41) is 13.9. The number of nitrogens with zero attached hydrogens (tertiary/aromatic N) is 2. The van der Waals surface area contributed by atoms with Crippen LogP contribution in [-0.4, -0.2) is 30.4 Å². The van der Waals surface area contributed by atoms with Crippen molar-refractivity contribution in [3.63, 3.8) is 0 Å². The Labute approximate surface area is 172 Å². The maximum atomic E-state index is 4.50. The van der Waals surface area contributed by atoms with Crippen LogP contribution < -0.4 is 10.6 Å². The molecule has 1 saturated carbocycles. The first kappa shape index (κ1) is 17.8. The molecule has 146 valence electrons. The van der Waals surface area contributed by atoms with Gasteiger partial charge >= 0.3 is 0 Å². The Morgan fingerprint density at radius 3 is 2.41 bits per heavy atom. The number of hydrogen-bond acceptors (Lipinski definition) is 4. The normalized spacial score (nSPS) is 19.1. The Balaban J connectivity index is 1.30. The molecule has 0 radical (unpaired) electrons. The second kappa shape index (κ2) is 8.00. The molecule has 0 amide bonds. The van der Waals surface area contributed by atoms with Gasteiger partial charge in [-0.05, 0) is 35.7 Å². The van der Waals surface area contributed by atoms with Crippen LogP contribution in [0.4, 0.5) is 11.4 Å². The second-order valence-corrected chi connectivity index (χ2v) is 7.79. The van der Waals surface area contributed by atoms with Crippen LogP contribution in [0.3, 0.4) is 0 Å². The Kier molecular flexibility index (Phi) is 4.91. The summed E-state index contributed by atoms with van der Waals surface area (Å²) in [6.07, 6.45) is 3.38. The highest BCUT2D eigenvalue weighted by molar-refractivity contribution is 5.81. The van der Waals surface area contributed by atoms with E-state index in [0.717, 1.165) is 31.0 Å². The Bertz CT molecular complexity index is 984. The molecule has 0 saturated heterocycles. The fraction of sp³-hybridized carbons (Fsp3) is 0.240. The SMILES string of the molecule is C1=NN(CCNc2ccc(NCc3ccccc3)cc2-c2ccccc2)C2CC12. The molecule has 2 aliphatic rings. The highest BCUT2D eigenvalue weighted by Crippen LogP contribution is 2.38. The lowest BCUT2D eigenvalue weighted by atomic mass is 10.0. The summed E-state index contributed by atoms with van der Waals surface area (Å²) in [5.74, 6) is 0.713. The van der Waals surface area contributed by atoms with Crippen LogP contribution in [-0.2, 0) is 6.54 Å². The molecule has 5 rings (SSSR count). The van der Waals surface area contributed by atoms with Gasteiger partial charge in [0.15, 0.2) is 0 Å². The van der Waals surface area contributed by atoms with E-state index >= 15 is 0 Å². The quantitative estimate of drug-likeness (QED) is 0.571. The zero-order valence-corrected chi connectivity index (χ0v) is 16.5. The van der Waals surface area contributed by atoms with E-state index in [1.165, 1.54) is 23.1 Å². The van der Waals surface area contributed by atoms with Gasteiger partial charge in [0.05, 0.1) is 12.6 Å². The van der Waals surface area contributed by atoms with E-state index < -0.39 is 0 Å². The number of benzene rings is 3. The number of anilines is 2. The van der Waals surface area contributed by atoms with Crippen LogP contribution in [0.25, 0.3) is 11.1 Å². The predicted molar refractivity (Wildman–Crippen MR) is 121 cm³/mol. The minimum absolute atomic E-state index is 0.662. The van der Waals surface area contributed by atoms with Crippen molar-refractivity contribution in [2.45, 2.75) is 19.0 Å². The van der Waals surface area contributed by atoms with Gasteiger partial charge in [0.2, 0.25) is 0 Å². The average Bonchev–Trinajstić information content (AvgIpc) is 3.46.